The molecule has 0 aromatic heterocycles. The predicted octanol–water partition coefficient (Wildman–Crippen LogP) is 1.78. The van der Waals surface area contributed by atoms with Crippen molar-refractivity contribution in [3.63, 3.8) is 0 Å². The molecule has 0 aliphatic carbocycles. The van der Waals surface area contributed by atoms with Crippen molar-refractivity contribution in [2.45, 2.75) is 12.8 Å². The third kappa shape index (κ3) is 12.1. The fourth-order valence-electron chi connectivity index (χ4n) is 1.23. The Bertz CT molecular complexity index is 148. The maximum Gasteiger partial charge on any atom is 0.0644 e. The summed E-state index contributed by atoms with van der Waals surface area (Å²) in [6.07, 6.45) is 5.17. The maximum atomic E-state index is 8.74. The molecule has 0 unspecified atom stereocenters. The molecule has 0 aromatic carbocycles. The molecule has 0 saturated heterocycles. The van der Waals surface area contributed by atoms with E-state index in [4.69, 9.17) is 14.6 Å². The minimum absolute atomic E-state index is 0. The van der Waals surface area contributed by atoms with Crippen LogP contribution < -0.4 is 0 Å². The molecule has 16 heavy (non-hydrogen) atoms. The van der Waals surface area contributed by atoms with Crippen LogP contribution in [0.5, 0.6) is 0 Å². The molecule has 0 aromatic rings. The van der Waals surface area contributed by atoms with E-state index >= 15 is 0 Å². The maximum absolute atomic E-state index is 8.74. The first-order chi connectivity index (χ1) is 7.35. The van der Waals surface area contributed by atoms with Crippen LogP contribution in [0.25, 0.3) is 0 Å². The van der Waals surface area contributed by atoms with E-state index in [0.717, 1.165) is 12.8 Å². The Kier molecular flexibility index (Phi) is 17.4. The van der Waals surface area contributed by atoms with Gasteiger partial charge in [-0.1, -0.05) is 12.2 Å². The third-order valence-electron chi connectivity index (χ3n) is 1.95. The second kappa shape index (κ2) is 15.1. The van der Waals surface area contributed by atoms with Gasteiger partial charge in [0.2, 0.25) is 0 Å². The number of hydrogen-bond donors (Lipinski definition) is 1. The second-order valence-corrected chi connectivity index (χ2v) is 3.38. The quantitative estimate of drug-likeness (QED) is 0.350. The van der Waals surface area contributed by atoms with E-state index in [0.29, 0.717) is 32.3 Å². The van der Waals surface area contributed by atoms with Gasteiger partial charge in [0.15, 0.2) is 0 Å². The second-order valence-electron chi connectivity index (χ2n) is 3.38. The van der Waals surface area contributed by atoms with Gasteiger partial charge in [0, 0.05) is 34.2 Å². The zero-order chi connectivity index (χ0) is 11.4. The Hall–Kier alpha value is 0.0743. The monoisotopic (exact) mass is 262 g/mol. The van der Waals surface area contributed by atoms with Gasteiger partial charge in [-0.05, 0) is 12.8 Å². The van der Waals surface area contributed by atoms with Crippen molar-refractivity contribution < 1.29 is 36.3 Å². The smallest absolute Gasteiger partial charge is 0.0644 e. The zero-order valence-electron chi connectivity index (χ0n) is 9.86. The van der Waals surface area contributed by atoms with Crippen LogP contribution in [0, 0.1) is 5.92 Å². The van der Waals surface area contributed by atoms with E-state index in [-0.39, 0.29) is 28.3 Å². The molecule has 0 radical (unpaired) electrons. The van der Waals surface area contributed by atoms with Crippen LogP contribution in [0.4, 0.5) is 0 Å². The van der Waals surface area contributed by atoms with E-state index in [1.54, 1.807) is 12.2 Å². The van der Waals surface area contributed by atoms with E-state index in [1.165, 1.54) is 0 Å². The van der Waals surface area contributed by atoms with E-state index in [9.17, 15) is 0 Å². The van der Waals surface area contributed by atoms with Gasteiger partial charge in [-0.25, -0.2) is 0 Å². The topological polar surface area (TPSA) is 38.7 Å². The number of hydrogen-bond acceptors (Lipinski definition) is 3. The normalized spacial score (nSPS) is 9.88. The van der Waals surface area contributed by atoms with Crippen LogP contribution in [0.1, 0.15) is 12.8 Å². The van der Waals surface area contributed by atoms with Gasteiger partial charge < -0.3 is 14.6 Å². The van der Waals surface area contributed by atoms with Crippen LogP contribution in [-0.2, 0) is 31.2 Å². The Morgan fingerprint density at radius 1 is 1.06 bits per heavy atom. The van der Waals surface area contributed by atoms with Crippen LogP contribution >= 0.6 is 0 Å². The average molecular weight is 262 g/mol. The first-order valence-corrected chi connectivity index (χ1v) is 5.33. The molecule has 0 amide bonds. The van der Waals surface area contributed by atoms with Crippen molar-refractivity contribution >= 4 is 0 Å². The van der Waals surface area contributed by atoms with Crippen LogP contribution in [0.15, 0.2) is 25.3 Å². The molecular formula is C12H22O3Ti. The van der Waals surface area contributed by atoms with Gasteiger partial charge in [0.25, 0.3) is 0 Å². The summed E-state index contributed by atoms with van der Waals surface area (Å²) in [5.41, 5.74) is 0. The molecule has 0 bridgehead atoms. The largest absolute Gasteiger partial charge is 0.396 e. The molecule has 3 nitrogen and oxygen atoms in total. The molecule has 0 saturated carbocycles. The Morgan fingerprint density at radius 3 is 1.94 bits per heavy atom. The molecule has 0 atom stereocenters. The first-order valence-electron chi connectivity index (χ1n) is 5.33. The summed E-state index contributed by atoms with van der Waals surface area (Å²) in [5.74, 6) is 0.344. The summed E-state index contributed by atoms with van der Waals surface area (Å²) < 4.78 is 10.7. The first kappa shape index (κ1) is 18.4. The summed E-state index contributed by atoms with van der Waals surface area (Å²) in [4.78, 5) is 0. The standard InChI is InChI=1S/C12H22O3.Ti/c1-3-8-14-10-12(6-5-7-13)11-15-9-4-2;/h3-4,12-13H,1-2,5-11H2;. The van der Waals surface area contributed by atoms with Crippen molar-refractivity contribution in [1.82, 2.24) is 0 Å². The summed E-state index contributed by atoms with van der Waals surface area (Å²) in [6, 6.07) is 0. The summed E-state index contributed by atoms with van der Waals surface area (Å²) >= 11 is 0. The number of rotatable bonds is 11. The van der Waals surface area contributed by atoms with Crippen molar-refractivity contribution in [2.24, 2.45) is 5.92 Å². The molecule has 0 fully saturated rings. The zero-order valence-corrected chi connectivity index (χ0v) is 11.4. The minimum atomic E-state index is 0. The van der Waals surface area contributed by atoms with Crippen molar-refractivity contribution in [1.29, 1.82) is 0 Å². The summed E-state index contributed by atoms with van der Waals surface area (Å²) in [6.45, 7) is 9.84. The van der Waals surface area contributed by atoms with Gasteiger partial charge in [-0.2, -0.15) is 0 Å². The number of aliphatic hydroxyl groups is 1. The van der Waals surface area contributed by atoms with Gasteiger partial charge in [-0.3, -0.25) is 0 Å². The Morgan fingerprint density at radius 2 is 1.56 bits per heavy atom. The predicted molar refractivity (Wildman–Crippen MR) is 61.8 cm³/mol. The number of ether oxygens (including phenoxy) is 2. The SMILES string of the molecule is C=CCOCC(CCCO)COCC=C.[Ti]. The molecule has 1 N–H and O–H groups in total. The van der Waals surface area contributed by atoms with Gasteiger partial charge >= 0.3 is 0 Å². The fraction of sp³-hybridized carbons (Fsp3) is 0.667. The molecule has 0 spiro atoms. The summed E-state index contributed by atoms with van der Waals surface area (Å²) in [5, 5.41) is 8.74. The van der Waals surface area contributed by atoms with Crippen molar-refractivity contribution in [3.8, 4) is 0 Å². The molecular weight excluding hydrogens is 240 g/mol. The Labute approximate surface area is 113 Å². The molecule has 0 aliphatic rings. The van der Waals surface area contributed by atoms with E-state index < -0.39 is 0 Å². The minimum Gasteiger partial charge on any atom is -0.396 e. The van der Waals surface area contributed by atoms with Crippen LogP contribution in [0.3, 0.4) is 0 Å². The molecule has 0 heterocycles. The molecule has 4 heteroatoms. The van der Waals surface area contributed by atoms with Crippen molar-refractivity contribution in [2.75, 3.05) is 33.0 Å². The Balaban J connectivity index is 0. The number of aliphatic hydroxyl groups excluding tert-OH is 1. The van der Waals surface area contributed by atoms with Crippen LogP contribution in [-0.4, -0.2) is 38.1 Å². The van der Waals surface area contributed by atoms with Gasteiger partial charge in [-0.15, -0.1) is 13.2 Å². The van der Waals surface area contributed by atoms with Crippen molar-refractivity contribution in [3.05, 3.63) is 25.3 Å². The third-order valence-corrected chi connectivity index (χ3v) is 1.95. The molecule has 92 valence electrons. The van der Waals surface area contributed by atoms with E-state index in [1.807, 2.05) is 0 Å². The fourth-order valence-corrected chi connectivity index (χ4v) is 1.23. The molecule has 0 rings (SSSR count). The molecule has 0 aliphatic heterocycles. The summed E-state index contributed by atoms with van der Waals surface area (Å²) in [7, 11) is 0. The average Bonchev–Trinajstić information content (AvgIpc) is 2.25. The van der Waals surface area contributed by atoms with Gasteiger partial charge in [0.05, 0.1) is 26.4 Å². The van der Waals surface area contributed by atoms with Gasteiger partial charge in [0.1, 0.15) is 0 Å². The van der Waals surface area contributed by atoms with E-state index in [2.05, 4.69) is 13.2 Å². The van der Waals surface area contributed by atoms with Crippen LogP contribution in [0.2, 0.25) is 0 Å².